The molecule has 0 saturated heterocycles. The van der Waals surface area contributed by atoms with Gasteiger partial charge in [0.2, 0.25) is 0 Å². The Kier molecular flexibility index (Phi) is 3.12. The molecule has 3 aromatic rings. The van der Waals surface area contributed by atoms with E-state index < -0.39 is 0 Å². The molecule has 4 N–H and O–H groups in total. The topological polar surface area (TPSA) is 78.6 Å². The van der Waals surface area contributed by atoms with Crippen LogP contribution in [0.2, 0.25) is 10.0 Å². The first-order valence-electron chi connectivity index (χ1n) is 5.84. The van der Waals surface area contributed by atoms with Crippen LogP contribution in [0.25, 0.3) is 22.4 Å². The number of amidine groups is 1. The van der Waals surface area contributed by atoms with Crippen molar-refractivity contribution < 1.29 is 0 Å². The first kappa shape index (κ1) is 13.0. The summed E-state index contributed by atoms with van der Waals surface area (Å²) in [6.45, 7) is 0. The quantitative estimate of drug-likeness (QED) is 0.497. The molecule has 1 heterocycles. The number of aromatic amines is 1. The summed E-state index contributed by atoms with van der Waals surface area (Å²) in [5.74, 6) is 0.719. The standard InChI is InChI=1S/C14H10Cl2N4/c15-9-3-1-8(5-10(9)16)14-19-11-4-2-7(13(17)18)6-12(11)20-14/h1-6H,(H3,17,18)(H,19,20). The summed E-state index contributed by atoms with van der Waals surface area (Å²) in [7, 11) is 0. The Labute approximate surface area is 125 Å². The highest BCUT2D eigenvalue weighted by molar-refractivity contribution is 6.42. The highest BCUT2D eigenvalue weighted by Crippen LogP contribution is 2.28. The molecule has 20 heavy (non-hydrogen) atoms. The van der Waals surface area contributed by atoms with Gasteiger partial charge in [0.1, 0.15) is 11.7 Å². The van der Waals surface area contributed by atoms with Crippen LogP contribution in [0.4, 0.5) is 0 Å². The molecule has 0 atom stereocenters. The Hall–Kier alpha value is -2.04. The fourth-order valence-electron chi connectivity index (χ4n) is 1.96. The molecule has 0 aliphatic heterocycles. The summed E-state index contributed by atoms with van der Waals surface area (Å²) in [6, 6.07) is 10.7. The van der Waals surface area contributed by atoms with E-state index >= 15 is 0 Å². The van der Waals surface area contributed by atoms with Gasteiger partial charge in [0.15, 0.2) is 0 Å². The van der Waals surface area contributed by atoms with E-state index in [0.717, 1.165) is 16.6 Å². The van der Waals surface area contributed by atoms with Crippen molar-refractivity contribution in [3.8, 4) is 11.4 Å². The number of benzene rings is 2. The number of hydrogen-bond acceptors (Lipinski definition) is 2. The summed E-state index contributed by atoms with van der Waals surface area (Å²) in [6.07, 6.45) is 0. The van der Waals surface area contributed by atoms with Crippen LogP contribution in [0.15, 0.2) is 36.4 Å². The van der Waals surface area contributed by atoms with Crippen LogP contribution in [0, 0.1) is 5.41 Å². The van der Waals surface area contributed by atoms with Gasteiger partial charge >= 0.3 is 0 Å². The number of hydrogen-bond donors (Lipinski definition) is 3. The molecule has 0 amide bonds. The average Bonchev–Trinajstić information content (AvgIpc) is 2.84. The summed E-state index contributed by atoms with van der Waals surface area (Å²) in [5, 5.41) is 8.43. The minimum atomic E-state index is 0.0255. The Morgan fingerprint density at radius 1 is 1.10 bits per heavy atom. The van der Waals surface area contributed by atoms with Gasteiger partial charge in [-0.1, -0.05) is 23.2 Å². The maximum absolute atomic E-state index is 7.44. The Bertz CT molecular complexity index is 823. The van der Waals surface area contributed by atoms with Crippen molar-refractivity contribution in [2.45, 2.75) is 0 Å². The second-order valence-electron chi connectivity index (χ2n) is 4.36. The maximum Gasteiger partial charge on any atom is 0.138 e. The number of fused-ring (bicyclic) bond motifs is 1. The number of nitrogens with two attached hydrogens (primary N) is 1. The monoisotopic (exact) mass is 304 g/mol. The van der Waals surface area contributed by atoms with Gasteiger partial charge in [0.05, 0.1) is 21.1 Å². The van der Waals surface area contributed by atoms with Gasteiger partial charge in [-0.15, -0.1) is 0 Å². The SMILES string of the molecule is N=C(N)c1ccc2nc(-c3ccc(Cl)c(Cl)c3)[nH]c2c1. The third-order valence-electron chi connectivity index (χ3n) is 2.99. The number of H-pyrrole nitrogens is 1. The summed E-state index contributed by atoms with van der Waals surface area (Å²) in [5.41, 5.74) is 8.60. The van der Waals surface area contributed by atoms with Crippen molar-refractivity contribution >= 4 is 40.1 Å². The van der Waals surface area contributed by atoms with E-state index in [1.54, 1.807) is 24.3 Å². The fraction of sp³-hybridized carbons (Fsp3) is 0. The van der Waals surface area contributed by atoms with E-state index in [9.17, 15) is 0 Å². The van der Waals surface area contributed by atoms with Gasteiger partial charge in [-0.05, 0) is 36.4 Å². The van der Waals surface area contributed by atoms with Crippen LogP contribution in [-0.2, 0) is 0 Å². The van der Waals surface area contributed by atoms with Crippen LogP contribution in [-0.4, -0.2) is 15.8 Å². The molecule has 0 radical (unpaired) electrons. The molecule has 0 aliphatic carbocycles. The van der Waals surface area contributed by atoms with Gasteiger partial charge in [0, 0.05) is 11.1 Å². The summed E-state index contributed by atoms with van der Waals surface area (Å²) in [4.78, 5) is 7.67. The van der Waals surface area contributed by atoms with Crippen LogP contribution in [0.5, 0.6) is 0 Å². The number of nitrogen functional groups attached to an aromatic ring is 1. The van der Waals surface area contributed by atoms with Crippen molar-refractivity contribution in [2.24, 2.45) is 5.73 Å². The summed E-state index contributed by atoms with van der Waals surface area (Å²) < 4.78 is 0. The van der Waals surface area contributed by atoms with Crippen LogP contribution in [0.3, 0.4) is 0 Å². The molecule has 3 rings (SSSR count). The second-order valence-corrected chi connectivity index (χ2v) is 5.17. The van der Waals surface area contributed by atoms with E-state index in [1.165, 1.54) is 0 Å². The number of aromatic nitrogens is 2. The minimum Gasteiger partial charge on any atom is -0.384 e. The molecule has 1 aromatic heterocycles. The molecule has 0 fully saturated rings. The van der Waals surface area contributed by atoms with Gasteiger partial charge < -0.3 is 10.7 Å². The number of nitrogens with zero attached hydrogens (tertiary/aromatic N) is 1. The zero-order chi connectivity index (χ0) is 14.3. The van der Waals surface area contributed by atoms with Crippen molar-refractivity contribution in [3.05, 3.63) is 52.0 Å². The van der Waals surface area contributed by atoms with Crippen LogP contribution in [0.1, 0.15) is 5.56 Å². The van der Waals surface area contributed by atoms with E-state index in [2.05, 4.69) is 9.97 Å². The summed E-state index contributed by atoms with van der Waals surface area (Å²) >= 11 is 11.9. The number of halogens is 2. The third-order valence-corrected chi connectivity index (χ3v) is 3.72. The minimum absolute atomic E-state index is 0.0255. The molecule has 0 unspecified atom stereocenters. The highest BCUT2D eigenvalue weighted by atomic mass is 35.5. The molecule has 6 heteroatoms. The smallest absolute Gasteiger partial charge is 0.138 e. The Balaban J connectivity index is 2.12. The van der Waals surface area contributed by atoms with E-state index in [1.807, 2.05) is 12.1 Å². The van der Waals surface area contributed by atoms with Crippen LogP contribution >= 0.6 is 23.2 Å². The third kappa shape index (κ3) is 2.24. The molecular weight excluding hydrogens is 295 g/mol. The normalized spacial score (nSPS) is 10.9. The molecule has 0 saturated carbocycles. The second kappa shape index (κ2) is 4.81. The highest BCUT2D eigenvalue weighted by Gasteiger charge is 2.08. The maximum atomic E-state index is 7.44. The first-order chi connectivity index (χ1) is 9.54. The zero-order valence-electron chi connectivity index (χ0n) is 10.2. The van der Waals surface area contributed by atoms with E-state index in [-0.39, 0.29) is 5.84 Å². The number of nitrogens with one attached hydrogen (secondary N) is 2. The van der Waals surface area contributed by atoms with Gasteiger partial charge in [-0.2, -0.15) is 0 Å². The van der Waals surface area contributed by atoms with Crippen molar-refractivity contribution in [3.63, 3.8) is 0 Å². The van der Waals surface area contributed by atoms with Crippen molar-refractivity contribution in [2.75, 3.05) is 0 Å². The molecule has 4 nitrogen and oxygen atoms in total. The fourth-order valence-corrected chi connectivity index (χ4v) is 2.26. The predicted molar refractivity (Wildman–Crippen MR) is 82.6 cm³/mol. The molecule has 0 aliphatic rings. The molecule has 0 bridgehead atoms. The zero-order valence-corrected chi connectivity index (χ0v) is 11.8. The van der Waals surface area contributed by atoms with E-state index in [4.69, 9.17) is 34.3 Å². The Morgan fingerprint density at radius 3 is 2.60 bits per heavy atom. The molecular formula is C14H10Cl2N4. The van der Waals surface area contributed by atoms with Gasteiger partial charge in [0.25, 0.3) is 0 Å². The average molecular weight is 305 g/mol. The Morgan fingerprint density at radius 2 is 1.90 bits per heavy atom. The lowest BCUT2D eigenvalue weighted by Gasteiger charge is -1.99. The van der Waals surface area contributed by atoms with Crippen LogP contribution < -0.4 is 5.73 Å². The van der Waals surface area contributed by atoms with Gasteiger partial charge in [-0.3, -0.25) is 5.41 Å². The largest absolute Gasteiger partial charge is 0.384 e. The lowest BCUT2D eigenvalue weighted by molar-refractivity contribution is 1.34. The van der Waals surface area contributed by atoms with Crippen molar-refractivity contribution in [1.82, 2.24) is 9.97 Å². The van der Waals surface area contributed by atoms with Gasteiger partial charge in [-0.25, -0.2) is 4.98 Å². The number of rotatable bonds is 2. The number of imidazole rings is 1. The molecule has 0 spiro atoms. The lowest BCUT2D eigenvalue weighted by Crippen LogP contribution is -2.10. The first-order valence-corrected chi connectivity index (χ1v) is 6.60. The predicted octanol–water partition coefficient (Wildman–Crippen LogP) is 3.82. The molecule has 100 valence electrons. The van der Waals surface area contributed by atoms with Crippen molar-refractivity contribution in [1.29, 1.82) is 5.41 Å². The molecule has 2 aromatic carbocycles. The lowest BCUT2D eigenvalue weighted by atomic mass is 10.2. The van der Waals surface area contributed by atoms with E-state index in [0.29, 0.717) is 21.4 Å².